The topological polar surface area (TPSA) is 82.7 Å². The van der Waals surface area contributed by atoms with E-state index in [-0.39, 0.29) is 0 Å². The van der Waals surface area contributed by atoms with Gasteiger partial charge < -0.3 is 9.80 Å². The van der Waals surface area contributed by atoms with Gasteiger partial charge in [0.15, 0.2) is 0 Å². The second kappa shape index (κ2) is 7.04. The van der Waals surface area contributed by atoms with Gasteiger partial charge in [0.1, 0.15) is 0 Å². The zero-order valence-electron chi connectivity index (χ0n) is 12.2. The smallest absolute Gasteiger partial charge is 0.225 e. The Kier molecular flexibility index (Phi) is 5.11. The van der Waals surface area contributed by atoms with E-state index in [2.05, 4.69) is 44.0 Å². The fourth-order valence-electron chi connectivity index (χ4n) is 2.08. The fraction of sp³-hybridized carbons (Fsp3) is 0.615. The maximum absolute atomic E-state index is 5.57. The lowest BCUT2D eigenvalue weighted by atomic mass is 10.2. The van der Waals surface area contributed by atoms with Crippen LogP contribution in [0.1, 0.15) is 13.8 Å². The average molecular weight is 277 g/mol. The van der Waals surface area contributed by atoms with Crippen LogP contribution in [0.25, 0.3) is 0 Å². The maximum Gasteiger partial charge on any atom is 0.225 e. The minimum absolute atomic E-state index is 0.525. The molecule has 0 radical (unpaired) electrons. The normalized spacial score (nSPS) is 16.7. The van der Waals surface area contributed by atoms with E-state index < -0.39 is 0 Å². The zero-order valence-corrected chi connectivity index (χ0v) is 12.2. The highest BCUT2D eigenvalue weighted by Gasteiger charge is 2.20. The summed E-state index contributed by atoms with van der Waals surface area (Å²) in [7, 11) is 0. The highest BCUT2D eigenvalue weighted by atomic mass is 15.4. The van der Waals surface area contributed by atoms with E-state index >= 15 is 0 Å². The maximum atomic E-state index is 5.57. The molecule has 2 heterocycles. The van der Waals surface area contributed by atoms with Gasteiger partial charge >= 0.3 is 0 Å². The lowest BCUT2D eigenvalue weighted by Gasteiger charge is -2.36. The molecule has 1 saturated heterocycles. The molecule has 0 saturated carbocycles. The first-order valence-electron chi connectivity index (χ1n) is 6.98. The molecule has 1 aliphatic rings. The summed E-state index contributed by atoms with van der Waals surface area (Å²) in [6, 6.07) is 1.83. The van der Waals surface area contributed by atoms with Gasteiger partial charge in [-0.05, 0) is 12.0 Å². The molecule has 20 heavy (non-hydrogen) atoms. The predicted molar refractivity (Wildman–Crippen MR) is 80.3 cm³/mol. The molecule has 0 atom stereocenters. The Morgan fingerprint density at radius 2 is 1.95 bits per heavy atom. The number of aromatic nitrogens is 2. The summed E-state index contributed by atoms with van der Waals surface area (Å²) in [5.74, 6) is 7.66. The van der Waals surface area contributed by atoms with Crippen molar-refractivity contribution in [1.82, 2.24) is 20.3 Å². The standard InChI is InChI=1S/C13H23N7/c1-11(2)10-17-13(18-14)20-8-6-19(7-9-20)12-15-4-3-5-16-12/h3-5,11H,6-10,14H2,1-2H3,(H,17,18). The fourth-order valence-corrected chi connectivity index (χ4v) is 2.08. The molecule has 1 aliphatic heterocycles. The first-order chi connectivity index (χ1) is 9.70. The number of aliphatic imine (C=N–C) groups is 1. The Balaban J connectivity index is 1.91. The van der Waals surface area contributed by atoms with Crippen molar-refractivity contribution in [2.24, 2.45) is 16.8 Å². The number of nitrogens with one attached hydrogen (secondary N) is 1. The van der Waals surface area contributed by atoms with Crippen LogP contribution >= 0.6 is 0 Å². The van der Waals surface area contributed by atoms with E-state index in [0.717, 1.165) is 44.6 Å². The number of hydrogen-bond donors (Lipinski definition) is 2. The van der Waals surface area contributed by atoms with E-state index in [0.29, 0.717) is 5.92 Å². The molecule has 0 bridgehead atoms. The van der Waals surface area contributed by atoms with E-state index in [1.54, 1.807) is 12.4 Å². The first kappa shape index (κ1) is 14.5. The Labute approximate surface area is 119 Å². The highest BCUT2D eigenvalue weighted by molar-refractivity contribution is 5.79. The van der Waals surface area contributed by atoms with Crippen LogP contribution in [0.5, 0.6) is 0 Å². The van der Waals surface area contributed by atoms with Gasteiger partial charge in [-0.3, -0.25) is 10.4 Å². The van der Waals surface area contributed by atoms with Gasteiger partial charge in [0, 0.05) is 45.1 Å². The van der Waals surface area contributed by atoms with Gasteiger partial charge in [0.25, 0.3) is 0 Å². The lowest BCUT2D eigenvalue weighted by Crippen LogP contribution is -2.54. The lowest BCUT2D eigenvalue weighted by molar-refractivity contribution is 0.369. The van der Waals surface area contributed by atoms with Gasteiger partial charge in [-0.1, -0.05) is 13.8 Å². The molecule has 2 rings (SSSR count). The van der Waals surface area contributed by atoms with Crippen molar-refractivity contribution < 1.29 is 0 Å². The van der Waals surface area contributed by atoms with Gasteiger partial charge in [-0.15, -0.1) is 0 Å². The summed E-state index contributed by atoms with van der Waals surface area (Å²) in [4.78, 5) is 17.4. The monoisotopic (exact) mass is 277 g/mol. The van der Waals surface area contributed by atoms with Crippen LogP contribution in [0, 0.1) is 5.92 Å². The number of nitrogens with two attached hydrogens (primary N) is 1. The number of anilines is 1. The Bertz CT molecular complexity index is 424. The van der Waals surface area contributed by atoms with Crippen molar-refractivity contribution >= 4 is 11.9 Å². The molecule has 7 nitrogen and oxygen atoms in total. The van der Waals surface area contributed by atoms with Crippen molar-refractivity contribution in [2.75, 3.05) is 37.6 Å². The first-order valence-corrected chi connectivity index (χ1v) is 6.98. The van der Waals surface area contributed by atoms with Crippen molar-refractivity contribution in [3.05, 3.63) is 18.5 Å². The summed E-state index contributed by atoms with van der Waals surface area (Å²) in [6.45, 7) is 8.52. The van der Waals surface area contributed by atoms with Gasteiger partial charge in [0.05, 0.1) is 0 Å². The predicted octanol–water partition coefficient (Wildman–Crippen LogP) is 0.0739. The average Bonchev–Trinajstić information content (AvgIpc) is 2.49. The Morgan fingerprint density at radius 3 is 2.50 bits per heavy atom. The third kappa shape index (κ3) is 3.80. The molecule has 7 heteroatoms. The van der Waals surface area contributed by atoms with Gasteiger partial charge in [-0.2, -0.15) is 0 Å². The van der Waals surface area contributed by atoms with E-state index in [9.17, 15) is 0 Å². The molecule has 1 aromatic rings. The summed E-state index contributed by atoms with van der Waals surface area (Å²) in [5.41, 5.74) is 2.71. The highest BCUT2D eigenvalue weighted by Crippen LogP contribution is 2.09. The molecule has 0 spiro atoms. The molecular formula is C13H23N7. The van der Waals surface area contributed by atoms with Crippen LogP contribution in [-0.2, 0) is 0 Å². The molecule has 0 amide bonds. The molecule has 1 fully saturated rings. The van der Waals surface area contributed by atoms with Crippen molar-refractivity contribution in [1.29, 1.82) is 0 Å². The molecule has 0 aliphatic carbocycles. The van der Waals surface area contributed by atoms with Crippen molar-refractivity contribution in [3.8, 4) is 0 Å². The second-order valence-corrected chi connectivity index (χ2v) is 5.23. The number of hydrazine groups is 1. The van der Waals surface area contributed by atoms with E-state index in [4.69, 9.17) is 5.84 Å². The van der Waals surface area contributed by atoms with Crippen LogP contribution in [0.4, 0.5) is 5.95 Å². The van der Waals surface area contributed by atoms with Crippen LogP contribution in [0.3, 0.4) is 0 Å². The Hall–Kier alpha value is -1.89. The number of nitrogens with zero attached hydrogens (tertiary/aromatic N) is 5. The summed E-state index contributed by atoms with van der Waals surface area (Å²) < 4.78 is 0. The largest absolute Gasteiger partial charge is 0.338 e. The number of hydrogen-bond acceptors (Lipinski definition) is 5. The third-order valence-corrected chi connectivity index (χ3v) is 3.15. The number of piperazine rings is 1. The van der Waals surface area contributed by atoms with Crippen molar-refractivity contribution in [3.63, 3.8) is 0 Å². The van der Waals surface area contributed by atoms with Crippen molar-refractivity contribution in [2.45, 2.75) is 13.8 Å². The molecule has 0 aromatic carbocycles. The molecule has 0 unspecified atom stereocenters. The summed E-state index contributed by atoms with van der Waals surface area (Å²) in [6.07, 6.45) is 3.54. The zero-order chi connectivity index (χ0) is 14.4. The van der Waals surface area contributed by atoms with Gasteiger partial charge in [-0.25, -0.2) is 15.8 Å². The second-order valence-electron chi connectivity index (χ2n) is 5.23. The van der Waals surface area contributed by atoms with E-state index in [1.165, 1.54) is 0 Å². The van der Waals surface area contributed by atoms with E-state index in [1.807, 2.05) is 6.07 Å². The molecular weight excluding hydrogens is 254 g/mol. The minimum Gasteiger partial charge on any atom is -0.338 e. The quantitative estimate of drug-likeness (QED) is 0.352. The Morgan fingerprint density at radius 1 is 1.30 bits per heavy atom. The van der Waals surface area contributed by atoms with Crippen LogP contribution < -0.4 is 16.2 Å². The van der Waals surface area contributed by atoms with Crippen LogP contribution in [0.15, 0.2) is 23.5 Å². The molecule has 3 N–H and O–H groups in total. The molecule has 1 aromatic heterocycles. The number of guanidine groups is 1. The van der Waals surface area contributed by atoms with Crippen LogP contribution in [0.2, 0.25) is 0 Å². The SMILES string of the molecule is CC(C)CN=C(NN)N1CCN(c2ncccn2)CC1. The van der Waals surface area contributed by atoms with Gasteiger partial charge in [0.2, 0.25) is 11.9 Å². The van der Waals surface area contributed by atoms with Crippen LogP contribution in [-0.4, -0.2) is 53.6 Å². The summed E-state index contributed by atoms with van der Waals surface area (Å²) in [5, 5.41) is 0. The number of rotatable bonds is 3. The molecule has 110 valence electrons. The summed E-state index contributed by atoms with van der Waals surface area (Å²) >= 11 is 0. The minimum atomic E-state index is 0.525. The third-order valence-electron chi connectivity index (χ3n) is 3.15.